The van der Waals surface area contributed by atoms with Gasteiger partial charge >= 0.3 is 0 Å². The molecule has 0 aromatic rings. The van der Waals surface area contributed by atoms with E-state index < -0.39 is 0 Å². The molecule has 2 aliphatic rings. The SMILES string of the molecule is CC[C@H]1C(C)C=CC2=C[C@H](C)C[C@H](O)C21. The highest BCUT2D eigenvalue weighted by Crippen LogP contribution is 2.42. The fraction of sp³-hybridized carbons (Fsp3) is 0.714. The van der Waals surface area contributed by atoms with Gasteiger partial charge in [0.1, 0.15) is 0 Å². The number of rotatable bonds is 1. The summed E-state index contributed by atoms with van der Waals surface area (Å²) < 4.78 is 0. The van der Waals surface area contributed by atoms with Gasteiger partial charge in [0, 0.05) is 5.92 Å². The van der Waals surface area contributed by atoms with Crippen LogP contribution in [0.3, 0.4) is 0 Å². The van der Waals surface area contributed by atoms with Crippen molar-refractivity contribution in [3.63, 3.8) is 0 Å². The van der Waals surface area contributed by atoms with Crippen molar-refractivity contribution in [3.8, 4) is 0 Å². The Kier molecular flexibility index (Phi) is 3.01. The third kappa shape index (κ3) is 1.90. The highest BCUT2D eigenvalue weighted by molar-refractivity contribution is 5.31. The molecule has 0 aromatic heterocycles. The van der Waals surface area contributed by atoms with E-state index >= 15 is 0 Å². The highest BCUT2D eigenvalue weighted by Gasteiger charge is 2.37. The second kappa shape index (κ2) is 4.13. The summed E-state index contributed by atoms with van der Waals surface area (Å²) >= 11 is 0. The average Bonchev–Trinajstić information content (AvgIpc) is 2.18. The monoisotopic (exact) mass is 206 g/mol. The molecule has 2 unspecified atom stereocenters. The molecule has 5 atom stereocenters. The van der Waals surface area contributed by atoms with Crippen molar-refractivity contribution >= 4 is 0 Å². The van der Waals surface area contributed by atoms with Crippen LogP contribution >= 0.6 is 0 Å². The van der Waals surface area contributed by atoms with E-state index in [0.717, 1.165) is 6.42 Å². The van der Waals surface area contributed by atoms with Gasteiger partial charge in [-0.2, -0.15) is 0 Å². The van der Waals surface area contributed by atoms with Crippen LogP contribution in [0.15, 0.2) is 23.8 Å². The molecule has 0 fully saturated rings. The maximum Gasteiger partial charge on any atom is 0.0617 e. The maximum absolute atomic E-state index is 10.2. The normalized spacial score (nSPS) is 44.8. The largest absolute Gasteiger partial charge is 0.392 e. The summed E-state index contributed by atoms with van der Waals surface area (Å²) in [5, 5.41) is 10.2. The number of hydrogen-bond acceptors (Lipinski definition) is 1. The second-order valence-corrected chi connectivity index (χ2v) is 5.26. The van der Waals surface area contributed by atoms with Crippen LogP contribution in [0.5, 0.6) is 0 Å². The minimum absolute atomic E-state index is 0.127. The Bertz CT molecular complexity index is 290. The molecular formula is C14H22O. The lowest BCUT2D eigenvalue weighted by Gasteiger charge is -2.41. The Morgan fingerprint density at radius 2 is 2.13 bits per heavy atom. The number of hydrogen-bond donors (Lipinski definition) is 1. The lowest BCUT2D eigenvalue weighted by atomic mass is 9.66. The van der Waals surface area contributed by atoms with Crippen LogP contribution in [0.4, 0.5) is 0 Å². The van der Waals surface area contributed by atoms with Crippen molar-refractivity contribution in [1.29, 1.82) is 0 Å². The molecular weight excluding hydrogens is 184 g/mol. The van der Waals surface area contributed by atoms with Gasteiger partial charge in [-0.05, 0) is 29.7 Å². The number of aliphatic hydroxyl groups excluding tert-OH is 1. The molecule has 0 radical (unpaired) electrons. The van der Waals surface area contributed by atoms with Crippen LogP contribution in [0, 0.1) is 23.7 Å². The minimum atomic E-state index is -0.127. The zero-order valence-electron chi connectivity index (χ0n) is 9.98. The predicted octanol–water partition coefficient (Wildman–Crippen LogP) is 3.16. The van der Waals surface area contributed by atoms with Gasteiger partial charge in [-0.1, -0.05) is 45.4 Å². The molecule has 1 nitrogen and oxygen atoms in total. The molecule has 1 heteroatoms. The summed E-state index contributed by atoms with van der Waals surface area (Å²) in [6.07, 6.45) is 8.87. The Balaban J connectivity index is 2.33. The molecule has 2 aliphatic carbocycles. The first-order valence-electron chi connectivity index (χ1n) is 6.21. The number of aliphatic hydroxyl groups is 1. The second-order valence-electron chi connectivity index (χ2n) is 5.26. The lowest BCUT2D eigenvalue weighted by Crippen LogP contribution is -2.37. The van der Waals surface area contributed by atoms with E-state index in [1.807, 2.05) is 0 Å². The summed E-state index contributed by atoms with van der Waals surface area (Å²) in [6.45, 7) is 6.70. The molecule has 0 bridgehead atoms. The summed E-state index contributed by atoms with van der Waals surface area (Å²) in [4.78, 5) is 0. The van der Waals surface area contributed by atoms with Crippen molar-refractivity contribution in [2.75, 3.05) is 0 Å². The van der Waals surface area contributed by atoms with Gasteiger partial charge in [-0.15, -0.1) is 0 Å². The Morgan fingerprint density at radius 3 is 2.80 bits per heavy atom. The predicted molar refractivity (Wildman–Crippen MR) is 63.4 cm³/mol. The molecule has 2 rings (SSSR count). The van der Waals surface area contributed by atoms with E-state index in [1.54, 1.807) is 0 Å². The fourth-order valence-electron chi connectivity index (χ4n) is 3.31. The number of allylic oxidation sites excluding steroid dienone is 3. The fourth-order valence-corrected chi connectivity index (χ4v) is 3.31. The van der Waals surface area contributed by atoms with Gasteiger partial charge < -0.3 is 5.11 Å². The minimum Gasteiger partial charge on any atom is -0.392 e. The van der Waals surface area contributed by atoms with Crippen LogP contribution in [-0.2, 0) is 0 Å². The van der Waals surface area contributed by atoms with E-state index in [9.17, 15) is 5.11 Å². The van der Waals surface area contributed by atoms with Gasteiger partial charge in [0.25, 0.3) is 0 Å². The van der Waals surface area contributed by atoms with E-state index in [1.165, 1.54) is 12.0 Å². The van der Waals surface area contributed by atoms with Gasteiger partial charge in [-0.3, -0.25) is 0 Å². The molecule has 0 spiro atoms. The molecule has 15 heavy (non-hydrogen) atoms. The van der Waals surface area contributed by atoms with Gasteiger partial charge in [0.2, 0.25) is 0 Å². The summed E-state index contributed by atoms with van der Waals surface area (Å²) in [5.41, 5.74) is 1.38. The zero-order chi connectivity index (χ0) is 11.0. The average molecular weight is 206 g/mol. The topological polar surface area (TPSA) is 20.2 Å². The maximum atomic E-state index is 10.2. The van der Waals surface area contributed by atoms with Crippen LogP contribution in [0.25, 0.3) is 0 Å². The Morgan fingerprint density at radius 1 is 1.40 bits per heavy atom. The summed E-state index contributed by atoms with van der Waals surface area (Å²) in [7, 11) is 0. The molecule has 0 saturated carbocycles. The zero-order valence-corrected chi connectivity index (χ0v) is 9.98. The van der Waals surface area contributed by atoms with E-state index in [0.29, 0.717) is 23.7 Å². The summed E-state index contributed by atoms with van der Waals surface area (Å²) in [6, 6.07) is 0. The molecule has 0 amide bonds. The molecule has 84 valence electrons. The molecule has 0 aromatic carbocycles. The summed E-state index contributed by atoms with van der Waals surface area (Å²) in [5.74, 6) is 2.16. The quantitative estimate of drug-likeness (QED) is 0.698. The van der Waals surface area contributed by atoms with Crippen molar-refractivity contribution < 1.29 is 5.11 Å². The molecule has 1 N–H and O–H groups in total. The third-order valence-electron chi connectivity index (χ3n) is 4.09. The first kappa shape index (κ1) is 10.9. The Hall–Kier alpha value is -0.560. The first-order chi connectivity index (χ1) is 7.13. The Labute approximate surface area is 92.9 Å². The van der Waals surface area contributed by atoms with Crippen LogP contribution in [0.2, 0.25) is 0 Å². The molecule has 0 saturated heterocycles. The highest BCUT2D eigenvalue weighted by atomic mass is 16.3. The molecule has 0 aliphatic heterocycles. The van der Waals surface area contributed by atoms with Crippen LogP contribution < -0.4 is 0 Å². The van der Waals surface area contributed by atoms with Crippen LogP contribution in [-0.4, -0.2) is 11.2 Å². The van der Waals surface area contributed by atoms with Gasteiger partial charge in [-0.25, -0.2) is 0 Å². The van der Waals surface area contributed by atoms with E-state index in [2.05, 4.69) is 39.0 Å². The van der Waals surface area contributed by atoms with Crippen LogP contribution in [0.1, 0.15) is 33.6 Å². The third-order valence-corrected chi connectivity index (χ3v) is 4.09. The molecule has 0 heterocycles. The standard InChI is InChI=1S/C14H22O/c1-4-12-10(3)5-6-11-7-9(2)8-13(15)14(11)12/h5-7,9-10,12-15H,4,8H2,1-3H3/t9-,10?,12-,13-,14?/m0/s1. The lowest BCUT2D eigenvalue weighted by molar-refractivity contribution is 0.0550. The van der Waals surface area contributed by atoms with Crippen molar-refractivity contribution in [3.05, 3.63) is 23.8 Å². The number of fused-ring (bicyclic) bond motifs is 1. The first-order valence-corrected chi connectivity index (χ1v) is 6.21. The van der Waals surface area contributed by atoms with Gasteiger partial charge in [0.05, 0.1) is 6.10 Å². The van der Waals surface area contributed by atoms with E-state index in [4.69, 9.17) is 0 Å². The van der Waals surface area contributed by atoms with Crippen molar-refractivity contribution in [2.45, 2.75) is 39.7 Å². The van der Waals surface area contributed by atoms with Gasteiger partial charge in [0.15, 0.2) is 0 Å². The smallest absolute Gasteiger partial charge is 0.0617 e. The van der Waals surface area contributed by atoms with E-state index in [-0.39, 0.29) is 6.10 Å². The van der Waals surface area contributed by atoms with Crippen molar-refractivity contribution in [2.24, 2.45) is 23.7 Å². The van der Waals surface area contributed by atoms with Crippen molar-refractivity contribution in [1.82, 2.24) is 0 Å².